The quantitative estimate of drug-likeness (QED) is 0.438. The van der Waals surface area contributed by atoms with E-state index in [0.717, 1.165) is 44.3 Å². The lowest BCUT2D eigenvalue weighted by Crippen LogP contribution is -2.41. The second-order valence-corrected chi connectivity index (χ2v) is 5.96. The van der Waals surface area contributed by atoms with E-state index in [4.69, 9.17) is 4.74 Å². The molecule has 0 spiro atoms. The second-order valence-electron chi connectivity index (χ2n) is 5.96. The third-order valence-corrected chi connectivity index (χ3v) is 4.36. The number of imidazole rings is 1. The lowest BCUT2D eigenvalue weighted by Gasteiger charge is -2.21. The third kappa shape index (κ3) is 4.38. The van der Waals surface area contributed by atoms with Gasteiger partial charge in [-0.15, -0.1) is 24.0 Å². The smallest absolute Gasteiger partial charge is 0.193 e. The van der Waals surface area contributed by atoms with E-state index in [1.54, 1.807) is 7.11 Å². The lowest BCUT2D eigenvalue weighted by molar-refractivity contribution is 0.157. The van der Waals surface area contributed by atoms with Crippen molar-refractivity contribution in [3.63, 3.8) is 0 Å². The average Bonchev–Trinajstić information content (AvgIpc) is 3.19. The minimum Gasteiger partial charge on any atom is -0.384 e. The van der Waals surface area contributed by atoms with Crippen LogP contribution >= 0.6 is 24.0 Å². The van der Waals surface area contributed by atoms with Crippen molar-refractivity contribution in [3.05, 3.63) is 30.6 Å². The molecule has 1 atom stereocenters. The van der Waals surface area contributed by atoms with Crippen molar-refractivity contribution in [1.29, 1.82) is 0 Å². The highest BCUT2D eigenvalue weighted by atomic mass is 127. The number of rotatable bonds is 5. The summed E-state index contributed by atoms with van der Waals surface area (Å²) in [6, 6.07) is 8.21. The summed E-state index contributed by atoms with van der Waals surface area (Å²) in [7, 11) is 3.61. The number of aliphatic imine (C=N–C) groups is 1. The lowest BCUT2D eigenvalue weighted by atomic mass is 10.1. The summed E-state index contributed by atoms with van der Waals surface area (Å²) in [6.07, 6.45) is 3.07. The number of likely N-dealkylation sites (tertiary alicyclic amines) is 1. The van der Waals surface area contributed by atoms with Crippen LogP contribution in [0.1, 0.15) is 6.42 Å². The van der Waals surface area contributed by atoms with E-state index in [1.165, 1.54) is 11.9 Å². The number of ether oxygens (including phenoxy) is 1. The number of halogens is 1. The van der Waals surface area contributed by atoms with Crippen LogP contribution in [-0.2, 0) is 11.3 Å². The highest BCUT2D eigenvalue weighted by molar-refractivity contribution is 14.0. The van der Waals surface area contributed by atoms with E-state index in [-0.39, 0.29) is 24.0 Å². The van der Waals surface area contributed by atoms with Gasteiger partial charge in [-0.1, -0.05) is 12.1 Å². The molecule has 2 heterocycles. The molecule has 1 aliphatic rings. The first-order chi connectivity index (χ1) is 11.3. The van der Waals surface area contributed by atoms with E-state index < -0.39 is 0 Å². The number of benzene rings is 1. The number of guanidine groups is 1. The highest BCUT2D eigenvalue weighted by Crippen LogP contribution is 2.16. The normalized spacial score (nSPS) is 18.0. The molecule has 1 saturated heterocycles. The van der Waals surface area contributed by atoms with Gasteiger partial charge in [-0.2, -0.15) is 0 Å². The predicted octanol–water partition coefficient (Wildman–Crippen LogP) is 2.20. The minimum absolute atomic E-state index is 0. The first kappa shape index (κ1) is 19.0. The Labute approximate surface area is 160 Å². The van der Waals surface area contributed by atoms with Gasteiger partial charge in [-0.3, -0.25) is 4.99 Å². The van der Waals surface area contributed by atoms with Gasteiger partial charge in [0.05, 0.1) is 24.0 Å². The zero-order chi connectivity index (χ0) is 16.1. The maximum atomic E-state index is 5.26. The molecule has 3 rings (SSSR count). The fourth-order valence-electron chi connectivity index (χ4n) is 3.21. The molecule has 1 unspecified atom stereocenters. The van der Waals surface area contributed by atoms with Crippen molar-refractivity contribution in [2.75, 3.05) is 40.4 Å². The minimum atomic E-state index is 0. The number of hydrogen-bond donors (Lipinski definition) is 1. The van der Waals surface area contributed by atoms with Crippen LogP contribution in [0.4, 0.5) is 0 Å². The van der Waals surface area contributed by atoms with E-state index in [2.05, 4.69) is 30.8 Å². The molecule has 1 aromatic carbocycles. The van der Waals surface area contributed by atoms with Gasteiger partial charge in [-0.05, 0) is 18.6 Å². The Hall–Kier alpha value is -1.35. The Morgan fingerprint density at radius 1 is 1.42 bits per heavy atom. The molecule has 0 saturated carbocycles. The summed E-state index contributed by atoms with van der Waals surface area (Å²) >= 11 is 0. The van der Waals surface area contributed by atoms with Crippen LogP contribution in [0.25, 0.3) is 11.0 Å². The number of fused-ring (bicyclic) bond motifs is 1. The number of hydrogen-bond acceptors (Lipinski definition) is 3. The van der Waals surface area contributed by atoms with Gasteiger partial charge in [0, 0.05) is 46.3 Å². The highest BCUT2D eigenvalue weighted by Gasteiger charge is 2.24. The molecule has 0 bridgehead atoms. The molecule has 132 valence electrons. The zero-order valence-electron chi connectivity index (χ0n) is 14.3. The summed E-state index contributed by atoms with van der Waals surface area (Å²) in [5.41, 5.74) is 2.21. The van der Waals surface area contributed by atoms with Crippen LogP contribution < -0.4 is 5.32 Å². The van der Waals surface area contributed by atoms with Gasteiger partial charge in [0.1, 0.15) is 0 Å². The summed E-state index contributed by atoms with van der Waals surface area (Å²) in [6.45, 7) is 4.59. The summed E-state index contributed by atoms with van der Waals surface area (Å²) in [5, 5.41) is 3.46. The van der Waals surface area contributed by atoms with Crippen molar-refractivity contribution in [3.8, 4) is 0 Å². The topological polar surface area (TPSA) is 54.7 Å². The Balaban J connectivity index is 0.00000208. The fourth-order valence-corrected chi connectivity index (χ4v) is 3.21. The van der Waals surface area contributed by atoms with Crippen molar-refractivity contribution in [2.24, 2.45) is 10.9 Å². The van der Waals surface area contributed by atoms with Gasteiger partial charge in [0.2, 0.25) is 0 Å². The Morgan fingerprint density at radius 2 is 2.25 bits per heavy atom. The number of nitrogens with zero attached hydrogens (tertiary/aromatic N) is 4. The third-order valence-electron chi connectivity index (χ3n) is 4.36. The molecule has 1 aliphatic heterocycles. The monoisotopic (exact) mass is 443 g/mol. The van der Waals surface area contributed by atoms with Crippen molar-refractivity contribution < 1.29 is 4.74 Å². The molecule has 0 amide bonds. The molecule has 2 aromatic rings. The van der Waals surface area contributed by atoms with Gasteiger partial charge in [-0.25, -0.2) is 4.98 Å². The number of aromatic nitrogens is 2. The molecular formula is C17H26IN5O. The molecule has 0 aliphatic carbocycles. The molecule has 1 aromatic heterocycles. The van der Waals surface area contributed by atoms with Crippen LogP contribution in [-0.4, -0.2) is 60.8 Å². The van der Waals surface area contributed by atoms with Crippen molar-refractivity contribution in [1.82, 2.24) is 19.8 Å². The number of nitrogens with one attached hydrogen (secondary N) is 1. The summed E-state index contributed by atoms with van der Waals surface area (Å²) in [5.74, 6) is 1.59. The first-order valence-electron chi connectivity index (χ1n) is 8.16. The maximum Gasteiger partial charge on any atom is 0.193 e. The largest absolute Gasteiger partial charge is 0.384 e. The zero-order valence-corrected chi connectivity index (χ0v) is 16.6. The fraction of sp³-hybridized carbons (Fsp3) is 0.529. The van der Waals surface area contributed by atoms with Gasteiger partial charge >= 0.3 is 0 Å². The van der Waals surface area contributed by atoms with Crippen molar-refractivity contribution in [2.45, 2.75) is 13.0 Å². The van der Waals surface area contributed by atoms with Gasteiger partial charge in [0.25, 0.3) is 0 Å². The van der Waals surface area contributed by atoms with Crippen LogP contribution in [0.5, 0.6) is 0 Å². The Bertz CT molecular complexity index is 672. The average molecular weight is 443 g/mol. The first-order valence-corrected chi connectivity index (χ1v) is 8.16. The van der Waals surface area contributed by atoms with E-state index in [0.29, 0.717) is 5.92 Å². The van der Waals surface area contributed by atoms with Gasteiger partial charge in [0.15, 0.2) is 5.96 Å². The second kappa shape index (κ2) is 9.22. The molecule has 1 fully saturated rings. The van der Waals surface area contributed by atoms with Crippen LogP contribution in [0.2, 0.25) is 0 Å². The molecule has 24 heavy (non-hydrogen) atoms. The van der Waals surface area contributed by atoms with Crippen LogP contribution in [0.15, 0.2) is 35.6 Å². The van der Waals surface area contributed by atoms with E-state index in [1.807, 2.05) is 31.6 Å². The molecule has 1 N–H and O–H groups in total. The summed E-state index contributed by atoms with van der Waals surface area (Å²) < 4.78 is 7.44. The maximum absolute atomic E-state index is 5.26. The standard InChI is InChI=1S/C17H25N5O.HI/c1-18-17(21-9-7-14(11-21)12-23-2)19-8-10-22-13-20-15-5-3-4-6-16(15)22;/h3-6,13-14H,7-12H2,1-2H3,(H,18,19);1H. The number of methoxy groups -OCH3 is 1. The summed E-state index contributed by atoms with van der Waals surface area (Å²) in [4.78, 5) is 11.2. The molecule has 7 heteroatoms. The van der Waals surface area contributed by atoms with Crippen LogP contribution in [0, 0.1) is 5.92 Å². The molecule has 0 radical (unpaired) electrons. The van der Waals surface area contributed by atoms with Gasteiger partial charge < -0.3 is 19.5 Å². The number of para-hydroxylation sites is 2. The Morgan fingerprint density at radius 3 is 3.04 bits per heavy atom. The molecular weight excluding hydrogens is 417 g/mol. The molecule has 6 nitrogen and oxygen atoms in total. The van der Waals surface area contributed by atoms with E-state index >= 15 is 0 Å². The van der Waals surface area contributed by atoms with E-state index in [9.17, 15) is 0 Å². The van der Waals surface area contributed by atoms with Crippen molar-refractivity contribution >= 4 is 41.0 Å². The predicted molar refractivity (Wildman–Crippen MR) is 108 cm³/mol. The Kier molecular flexibility index (Phi) is 7.29. The van der Waals surface area contributed by atoms with Crippen LogP contribution in [0.3, 0.4) is 0 Å². The SMILES string of the molecule is CN=C(NCCn1cnc2ccccc21)N1CCC(COC)C1.I.